The van der Waals surface area contributed by atoms with Gasteiger partial charge in [0, 0.05) is 39.0 Å². The maximum Gasteiger partial charge on any atom is 0.191 e. The molecular formula is C20H34N4O4S. The average molecular weight is 427 g/mol. The van der Waals surface area contributed by atoms with Gasteiger partial charge in [-0.2, -0.15) is 0 Å². The molecule has 1 saturated heterocycles. The number of rotatable bonds is 11. The average Bonchev–Trinajstić information content (AvgIpc) is 2.69. The molecular weight excluding hydrogens is 392 g/mol. The molecule has 164 valence electrons. The first-order valence-electron chi connectivity index (χ1n) is 10.1. The Kier molecular flexibility index (Phi) is 10.4. The lowest BCUT2D eigenvalue weighted by molar-refractivity contribution is 0.0341. The number of hydrogen-bond donors (Lipinski definition) is 2. The Bertz CT molecular complexity index is 734. The van der Waals surface area contributed by atoms with Crippen LogP contribution in [0, 0.1) is 0 Å². The molecule has 0 unspecified atom stereocenters. The number of morpholine rings is 1. The molecule has 0 aromatic heterocycles. The van der Waals surface area contributed by atoms with E-state index in [4.69, 9.17) is 14.5 Å². The first-order chi connectivity index (χ1) is 14.0. The number of hydrogen-bond acceptors (Lipinski definition) is 6. The highest BCUT2D eigenvalue weighted by Crippen LogP contribution is 2.14. The van der Waals surface area contributed by atoms with Gasteiger partial charge in [-0.25, -0.2) is 13.4 Å². The van der Waals surface area contributed by atoms with Crippen LogP contribution in [0.25, 0.3) is 0 Å². The molecule has 1 aliphatic heterocycles. The fourth-order valence-corrected chi connectivity index (χ4v) is 3.35. The summed E-state index contributed by atoms with van der Waals surface area (Å²) < 4.78 is 33.0. The molecule has 0 radical (unpaired) electrons. The van der Waals surface area contributed by atoms with Gasteiger partial charge in [-0.3, -0.25) is 4.90 Å². The standard InChI is InChI=1S/C20H34N4O4S/c1-3-21-20(22-8-11-27-14-15-29(2,25)26)23-16-18-6-4-5-7-19(18)17-24-9-12-28-13-10-24/h4-7H,3,8-17H2,1-2H3,(H2,21,22,23). The van der Waals surface area contributed by atoms with E-state index in [1.165, 1.54) is 17.4 Å². The third-order valence-electron chi connectivity index (χ3n) is 4.51. The molecule has 1 heterocycles. The molecule has 0 saturated carbocycles. The third kappa shape index (κ3) is 10.1. The number of ether oxygens (including phenoxy) is 2. The predicted octanol–water partition coefficient (Wildman–Crippen LogP) is 0.635. The molecule has 2 rings (SSSR count). The van der Waals surface area contributed by atoms with Gasteiger partial charge in [0.25, 0.3) is 0 Å². The minimum atomic E-state index is -2.98. The second kappa shape index (κ2) is 12.8. The molecule has 1 aromatic carbocycles. The van der Waals surface area contributed by atoms with Crippen molar-refractivity contribution >= 4 is 15.8 Å². The van der Waals surface area contributed by atoms with Crippen LogP contribution < -0.4 is 10.6 Å². The van der Waals surface area contributed by atoms with Gasteiger partial charge in [0.1, 0.15) is 9.84 Å². The Labute approximate surface area is 174 Å². The Morgan fingerprint density at radius 1 is 1.17 bits per heavy atom. The number of aliphatic imine (C=N–C) groups is 1. The van der Waals surface area contributed by atoms with E-state index in [1.807, 2.05) is 13.0 Å². The summed E-state index contributed by atoms with van der Waals surface area (Å²) in [7, 11) is -2.98. The minimum Gasteiger partial charge on any atom is -0.379 e. The summed E-state index contributed by atoms with van der Waals surface area (Å²) in [6, 6.07) is 8.40. The summed E-state index contributed by atoms with van der Waals surface area (Å²) >= 11 is 0. The van der Waals surface area contributed by atoms with Crippen LogP contribution in [0.5, 0.6) is 0 Å². The first-order valence-corrected chi connectivity index (χ1v) is 12.2. The lowest BCUT2D eigenvalue weighted by Gasteiger charge is -2.27. The van der Waals surface area contributed by atoms with Crippen molar-refractivity contribution in [3.63, 3.8) is 0 Å². The molecule has 8 nitrogen and oxygen atoms in total. The van der Waals surface area contributed by atoms with E-state index < -0.39 is 9.84 Å². The van der Waals surface area contributed by atoms with Crippen LogP contribution in [0.4, 0.5) is 0 Å². The summed E-state index contributed by atoms with van der Waals surface area (Å²) in [5, 5.41) is 6.46. The van der Waals surface area contributed by atoms with Crippen molar-refractivity contribution in [2.45, 2.75) is 20.0 Å². The van der Waals surface area contributed by atoms with Gasteiger partial charge in [-0.05, 0) is 18.1 Å². The zero-order chi connectivity index (χ0) is 21.0. The number of sulfone groups is 1. The Morgan fingerprint density at radius 2 is 1.90 bits per heavy atom. The largest absolute Gasteiger partial charge is 0.379 e. The van der Waals surface area contributed by atoms with Gasteiger partial charge in [-0.1, -0.05) is 24.3 Å². The van der Waals surface area contributed by atoms with Crippen molar-refractivity contribution < 1.29 is 17.9 Å². The summed E-state index contributed by atoms with van der Waals surface area (Å²) in [5.41, 5.74) is 2.50. The van der Waals surface area contributed by atoms with E-state index in [9.17, 15) is 8.42 Å². The van der Waals surface area contributed by atoms with E-state index in [2.05, 4.69) is 33.7 Å². The fraction of sp³-hybridized carbons (Fsp3) is 0.650. The third-order valence-corrected chi connectivity index (χ3v) is 5.41. The molecule has 1 aliphatic rings. The van der Waals surface area contributed by atoms with Gasteiger partial charge >= 0.3 is 0 Å². The Hall–Kier alpha value is -1.68. The van der Waals surface area contributed by atoms with Gasteiger partial charge < -0.3 is 20.1 Å². The molecule has 0 bridgehead atoms. The lowest BCUT2D eigenvalue weighted by Crippen LogP contribution is -2.39. The van der Waals surface area contributed by atoms with E-state index in [1.54, 1.807) is 0 Å². The number of benzene rings is 1. The second-order valence-electron chi connectivity index (χ2n) is 7.02. The van der Waals surface area contributed by atoms with E-state index >= 15 is 0 Å². The van der Waals surface area contributed by atoms with E-state index in [0.717, 1.165) is 45.4 Å². The number of guanidine groups is 1. The molecule has 29 heavy (non-hydrogen) atoms. The van der Waals surface area contributed by atoms with Crippen LogP contribution in [0.15, 0.2) is 29.3 Å². The van der Waals surface area contributed by atoms with Gasteiger partial charge in [-0.15, -0.1) is 0 Å². The maximum atomic E-state index is 11.1. The van der Waals surface area contributed by atoms with Gasteiger partial charge in [0.05, 0.1) is 38.7 Å². The molecule has 0 spiro atoms. The Balaban J connectivity index is 1.84. The van der Waals surface area contributed by atoms with E-state index in [0.29, 0.717) is 19.7 Å². The van der Waals surface area contributed by atoms with Crippen molar-refractivity contribution in [3.05, 3.63) is 35.4 Å². The number of nitrogens with one attached hydrogen (secondary N) is 2. The summed E-state index contributed by atoms with van der Waals surface area (Å²) in [6.45, 7) is 8.98. The summed E-state index contributed by atoms with van der Waals surface area (Å²) in [5.74, 6) is 0.765. The van der Waals surface area contributed by atoms with Crippen LogP contribution in [0.1, 0.15) is 18.1 Å². The monoisotopic (exact) mass is 426 g/mol. The van der Waals surface area contributed by atoms with Crippen molar-refractivity contribution in [2.75, 3.05) is 64.6 Å². The van der Waals surface area contributed by atoms with Crippen molar-refractivity contribution in [3.8, 4) is 0 Å². The van der Waals surface area contributed by atoms with Crippen LogP contribution in [0.2, 0.25) is 0 Å². The minimum absolute atomic E-state index is 0.0427. The molecule has 0 aliphatic carbocycles. The molecule has 9 heteroatoms. The van der Waals surface area contributed by atoms with Crippen LogP contribution in [0.3, 0.4) is 0 Å². The van der Waals surface area contributed by atoms with Gasteiger partial charge in [0.2, 0.25) is 0 Å². The Morgan fingerprint density at radius 3 is 2.59 bits per heavy atom. The topological polar surface area (TPSA) is 92.3 Å². The fourth-order valence-electron chi connectivity index (χ4n) is 2.93. The SMILES string of the molecule is CCNC(=NCc1ccccc1CN1CCOCC1)NCCOCCS(C)(=O)=O. The van der Waals surface area contributed by atoms with Crippen LogP contribution in [-0.2, 0) is 32.4 Å². The highest BCUT2D eigenvalue weighted by Gasteiger charge is 2.12. The maximum absolute atomic E-state index is 11.1. The predicted molar refractivity (Wildman–Crippen MR) is 116 cm³/mol. The van der Waals surface area contributed by atoms with Crippen LogP contribution in [-0.4, -0.2) is 83.9 Å². The van der Waals surface area contributed by atoms with Crippen molar-refractivity contribution in [2.24, 2.45) is 4.99 Å². The second-order valence-corrected chi connectivity index (χ2v) is 9.28. The van der Waals surface area contributed by atoms with Crippen molar-refractivity contribution in [1.82, 2.24) is 15.5 Å². The molecule has 0 atom stereocenters. The zero-order valence-electron chi connectivity index (χ0n) is 17.5. The molecule has 0 amide bonds. The highest BCUT2D eigenvalue weighted by atomic mass is 32.2. The normalized spacial score (nSPS) is 16.0. The first kappa shape index (κ1) is 23.6. The van der Waals surface area contributed by atoms with E-state index in [-0.39, 0.29) is 12.4 Å². The highest BCUT2D eigenvalue weighted by molar-refractivity contribution is 7.90. The quantitative estimate of drug-likeness (QED) is 0.305. The molecule has 1 aromatic rings. The smallest absolute Gasteiger partial charge is 0.191 e. The zero-order valence-corrected chi connectivity index (χ0v) is 18.3. The summed E-state index contributed by atoms with van der Waals surface area (Å²) in [4.78, 5) is 7.10. The van der Waals surface area contributed by atoms with Crippen LogP contribution >= 0.6 is 0 Å². The van der Waals surface area contributed by atoms with Gasteiger partial charge in [0.15, 0.2) is 5.96 Å². The lowest BCUT2D eigenvalue weighted by atomic mass is 10.1. The molecule has 1 fully saturated rings. The summed E-state index contributed by atoms with van der Waals surface area (Å²) in [6.07, 6.45) is 1.21. The van der Waals surface area contributed by atoms with Crippen molar-refractivity contribution in [1.29, 1.82) is 0 Å². The number of nitrogens with zero attached hydrogens (tertiary/aromatic N) is 2. The molecule has 2 N–H and O–H groups in total.